The van der Waals surface area contributed by atoms with Gasteiger partial charge in [0.1, 0.15) is 0 Å². The van der Waals surface area contributed by atoms with Crippen LogP contribution in [0.15, 0.2) is 18.2 Å². The van der Waals surface area contributed by atoms with Crippen LogP contribution in [0.5, 0.6) is 0 Å². The summed E-state index contributed by atoms with van der Waals surface area (Å²) < 4.78 is 0. The number of carbonyl (C=O) groups is 1. The topological polar surface area (TPSA) is 55.1 Å². The molecule has 1 aromatic carbocycles. The molecule has 0 saturated carbocycles. The molecule has 1 heterocycles. The van der Waals surface area contributed by atoms with Crippen molar-refractivity contribution in [1.82, 2.24) is 0 Å². The van der Waals surface area contributed by atoms with Crippen LogP contribution in [0.3, 0.4) is 0 Å². The van der Waals surface area contributed by atoms with Crippen molar-refractivity contribution < 1.29 is 4.79 Å². The van der Waals surface area contributed by atoms with Gasteiger partial charge in [-0.15, -0.1) is 0 Å². The van der Waals surface area contributed by atoms with Gasteiger partial charge in [0.25, 0.3) is 0 Å². The van der Waals surface area contributed by atoms with Crippen LogP contribution in [-0.4, -0.2) is 23.5 Å². The predicted octanol–water partition coefficient (Wildman–Crippen LogP) is 2.36. The molecule has 5 heteroatoms. The third kappa shape index (κ3) is 2.62. The van der Waals surface area contributed by atoms with Crippen LogP contribution in [0.25, 0.3) is 0 Å². The maximum Gasteiger partial charge on any atom is 0.250 e. The van der Waals surface area contributed by atoms with Crippen molar-refractivity contribution in [3.05, 3.63) is 28.8 Å². The fourth-order valence-corrected chi connectivity index (χ4v) is 3.11. The number of rotatable bonds is 3. The average molecular weight is 257 g/mol. The minimum atomic E-state index is -0.493. The number of hydrogen-bond acceptors (Lipinski definition) is 3. The monoisotopic (exact) mass is 256 g/mol. The highest BCUT2D eigenvalue weighted by Gasteiger charge is 2.15. The second kappa shape index (κ2) is 4.97. The molecule has 1 fully saturated rings. The van der Waals surface area contributed by atoms with E-state index in [9.17, 15) is 4.79 Å². The van der Waals surface area contributed by atoms with E-state index in [1.54, 1.807) is 12.1 Å². The van der Waals surface area contributed by atoms with Crippen molar-refractivity contribution in [1.29, 1.82) is 0 Å². The Labute approximate surface area is 104 Å². The number of nitrogens with two attached hydrogens (primary N) is 1. The van der Waals surface area contributed by atoms with Gasteiger partial charge in [-0.3, -0.25) is 4.79 Å². The van der Waals surface area contributed by atoms with Gasteiger partial charge in [-0.25, -0.2) is 0 Å². The summed E-state index contributed by atoms with van der Waals surface area (Å²) in [5.74, 6) is 1.83. The van der Waals surface area contributed by atoms with E-state index in [0.717, 1.165) is 11.4 Å². The molecule has 16 heavy (non-hydrogen) atoms. The minimum absolute atomic E-state index is 0.369. The summed E-state index contributed by atoms with van der Waals surface area (Å²) in [7, 11) is 0. The Morgan fingerprint density at radius 1 is 1.56 bits per heavy atom. The van der Waals surface area contributed by atoms with Gasteiger partial charge >= 0.3 is 0 Å². The number of thioether (sulfide) groups is 1. The fraction of sp³-hybridized carbons (Fsp3) is 0.364. The largest absolute Gasteiger partial charge is 0.381 e. The first kappa shape index (κ1) is 11.6. The summed E-state index contributed by atoms with van der Waals surface area (Å²) in [6.07, 6.45) is 1.17. The molecule has 2 rings (SSSR count). The third-order valence-electron chi connectivity index (χ3n) is 2.54. The molecule has 86 valence electrons. The molecule has 1 aliphatic rings. The van der Waals surface area contributed by atoms with Gasteiger partial charge in [-0.1, -0.05) is 11.6 Å². The Bertz CT molecular complexity index is 405. The van der Waals surface area contributed by atoms with E-state index >= 15 is 0 Å². The van der Waals surface area contributed by atoms with Crippen LogP contribution in [0.2, 0.25) is 5.02 Å². The Morgan fingerprint density at radius 2 is 2.38 bits per heavy atom. The number of anilines is 1. The molecule has 1 atom stereocenters. The first-order chi connectivity index (χ1) is 7.66. The molecule has 0 aliphatic carbocycles. The van der Waals surface area contributed by atoms with Crippen LogP contribution in [0.1, 0.15) is 16.8 Å². The van der Waals surface area contributed by atoms with Crippen molar-refractivity contribution in [2.24, 2.45) is 5.73 Å². The number of nitrogens with one attached hydrogen (secondary N) is 1. The maximum absolute atomic E-state index is 11.0. The van der Waals surface area contributed by atoms with Gasteiger partial charge in [0.2, 0.25) is 5.91 Å². The Kier molecular flexibility index (Phi) is 3.61. The van der Waals surface area contributed by atoms with Crippen LogP contribution in [0, 0.1) is 0 Å². The molecule has 0 bridgehead atoms. The summed E-state index contributed by atoms with van der Waals surface area (Å²) in [5, 5.41) is 3.80. The second-order valence-corrected chi connectivity index (χ2v) is 5.32. The average Bonchev–Trinajstić information content (AvgIpc) is 2.70. The van der Waals surface area contributed by atoms with E-state index < -0.39 is 5.91 Å². The number of amides is 1. The van der Waals surface area contributed by atoms with Crippen molar-refractivity contribution in [2.75, 3.05) is 16.8 Å². The zero-order valence-corrected chi connectivity index (χ0v) is 10.3. The molecule has 0 aromatic heterocycles. The maximum atomic E-state index is 11.0. The number of halogens is 1. The summed E-state index contributed by atoms with van der Waals surface area (Å²) in [4.78, 5) is 11.0. The molecule has 1 saturated heterocycles. The zero-order valence-electron chi connectivity index (χ0n) is 8.70. The first-order valence-corrected chi connectivity index (χ1v) is 6.64. The third-order valence-corrected chi connectivity index (χ3v) is 4.01. The van der Waals surface area contributed by atoms with Crippen LogP contribution >= 0.6 is 23.4 Å². The molecule has 0 radical (unpaired) electrons. The summed E-state index contributed by atoms with van der Waals surface area (Å²) >= 11 is 7.91. The lowest BCUT2D eigenvalue weighted by molar-refractivity contribution is 0.100. The lowest BCUT2D eigenvalue weighted by atomic mass is 10.1. The Morgan fingerprint density at radius 3 is 2.94 bits per heavy atom. The summed E-state index contributed by atoms with van der Waals surface area (Å²) in [6.45, 7) is 0. The van der Waals surface area contributed by atoms with Crippen LogP contribution < -0.4 is 11.1 Å². The van der Waals surface area contributed by atoms with Gasteiger partial charge in [0.15, 0.2) is 0 Å². The van der Waals surface area contributed by atoms with Gasteiger partial charge in [0, 0.05) is 17.5 Å². The second-order valence-electron chi connectivity index (χ2n) is 3.76. The predicted molar refractivity (Wildman–Crippen MR) is 69.3 cm³/mol. The van der Waals surface area contributed by atoms with Gasteiger partial charge in [-0.05, 0) is 30.4 Å². The molecule has 1 unspecified atom stereocenters. The van der Waals surface area contributed by atoms with Crippen molar-refractivity contribution in [3.8, 4) is 0 Å². The van der Waals surface area contributed by atoms with E-state index in [0.29, 0.717) is 16.6 Å². The number of hydrogen-bond donors (Lipinski definition) is 2. The number of benzene rings is 1. The minimum Gasteiger partial charge on any atom is -0.381 e. The highest BCUT2D eigenvalue weighted by Crippen LogP contribution is 2.24. The Balaban J connectivity index is 2.11. The van der Waals surface area contributed by atoms with Crippen molar-refractivity contribution >= 4 is 35.0 Å². The highest BCUT2D eigenvalue weighted by atomic mass is 35.5. The SMILES string of the molecule is NC(=O)c1ccc(NC2CCSC2)cc1Cl. The van der Waals surface area contributed by atoms with Crippen LogP contribution in [0.4, 0.5) is 5.69 Å². The molecule has 1 aromatic rings. The Hall–Kier alpha value is -0.870. The van der Waals surface area contributed by atoms with Gasteiger partial charge in [-0.2, -0.15) is 11.8 Å². The van der Waals surface area contributed by atoms with Gasteiger partial charge < -0.3 is 11.1 Å². The highest BCUT2D eigenvalue weighted by molar-refractivity contribution is 7.99. The molecule has 1 aliphatic heterocycles. The normalized spacial score (nSPS) is 19.7. The summed E-state index contributed by atoms with van der Waals surface area (Å²) in [6, 6.07) is 5.76. The molecule has 3 nitrogen and oxygen atoms in total. The number of primary amides is 1. The van der Waals surface area contributed by atoms with E-state index in [4.69, 9.17) is 17.3 Å². The summed E-state index contributed by atoms with van der Waals surface area (Å²) in [5.41, 5.74) is 6.50. The van der Waals surface area contributed by atoms with E-state index in [-0.39, 0.29) is 0 Å². The number of carbonyl (C=O) groups excluding carboxylic acids is 1. The molecular formula is C11H13ClN2OS. The van der Waals surface area contributed by atoms with E-state index in [2.05, 4.69) is 5.32 Å². The zero-order chi connectivity index (χ0) is 11.5. The fourth-order valence-electron chi connectivity index (χ4n) is 1.69. The smallest absolute Gasteiger partial charge is 0.250 e. The van der Waals surface area contributed by atoms with Crippen molar-refractivity contribution in [2.45, 2.75) is 12.5 Å². The first-order valence-electron chi connectivity index (χ1n) is 5.10. The van der Waals surface area contributed by atoms with E-state index in [1.807, 2.05) is 17.8 Å². The van der Waals surface area contributed by atoms with E-state index in [1.165, 1.54) is 12.2 Å². The molecule has 3 N–H and O–H groups in total. The van der Waals surface area contributed by atoms with Gasteiger partial charge in [0.05, 0.1) is 10.6 Å². The van der Waals surface area contributed by atoms with Crippen LogP contribution in [-0.2, 0) is 0 Å². The molecule has 0 spiro atoms. The molecular weight excluding hydrogens is 244 g/mol. The van der Waals surface area contributed by atoms with Crippen molar-refractivity contribution in [3.63, 3.8) is 0 Å². The molecule has 1 amide bonds. The quantitative estimate of drug-likeness (QED) is 0.873. The lowest BCUT2D eigenvalue weighted by Gasteiger charge is -2.13. The lowest BCUT2D eigenvalue weighted by Crippen LogP contribution is -2.18. The standard InChI is InChI=1S/C11H13ClN2OS/c12-10-5-7(1-2-9(10)11(13)15)14-8-3-4-16-6-8/h1-2,5,8,14H,3-4,6H2,(H2,13,15).